The van der Waals surface area contributed by atoms with E-state index in [1.807, 2.05) is 0 Å². The Morgan fingerprint density at radius 1 is 1.30 bits per heavy atom. The Hall–Kier alpha value is -1.24. The maximum atomic E-state index is 12.2. The molecule has 2 aliphatic heterocycles. The second kappa shape index (κ2) is 5.63. The maximum absolute atomic E-state index is 12.2. The molecule has 6 nitrogen and oxygen atoms in total. The predicted molar refractivity (Wildman–Crippen MR) is 77.8 cm³/mol. The van der Waals surface area contributed by atoms with Gasteiger partial charge in [0.1, 0.15) is 5.82 Å². The molecule has 1 atom stereocenters. The zero-order valence-corrected chi connectivity index (χ0v) is 12.3. The molecule has 0 radical (unpaired) electrons. The molecule has 1 aromatic heterocycles. The van der Waals surface area contributed by atoms with Gasteiger partial charge >= 0.3 is 0 Å². The van der Waals surface area contributed by atoms with Crippen molar-refractivity contribution in [2.75, 3.05) is 40.3 Å². The lowest BCUT2D eigenvalue weighted by Gasteiger charge is -2.27. The maximum Gasteiger partial charge on any atom is 0.254 e. The van der Waals surface area contributed by atoms with E-state index in [0.717, 1.165) is 56.1 Å². The van der Waals surface area contributed by atoms with Crippen LogP contribution in [-0.2, 0) is 13.0 Å². The minimum absolute atomic E-state index is 0.0480. The number of likely N-dealkylation sites (N-methyl/N-ethyl adjacent to an activating group) is 2. The largest absolute Gasteiger partial charge is 0.311 e. The summed E-state index contributed by atoms with van der Waals surface area (Å²) in [5.74, 6) is 0.814. The SMILES string of the molecule is CN1CCCN(C)C(c2nc3c(c(=O)[nH]2)CCNC3)C1. The molecule has 1 fully saturated rings. The smallest absolute Gasteiger partial charge is 0.254 e. The highest BCUT2D eigenvalue weighted by Crippen LogP contribution is 2.20. The molecule has 0 aliphatic carbocycles. The summed E-state index contributed by atoms with van der Waals surface area (Å²) in [6.07, 6.45) is 1.93. The van der Waals surface area contributed by atoms with Crippen LogP contribution < -0.4 is 10.9 Å². The van der Waals surface area contributed by atoms with Crippen LogP contribution in [0, 0.1) is 0 Å². The van der Waals surface area contributed by atoms with Crippen LogP contribution in [-0.4, -0.2) is 60.0 Å². The van der Waals surface area contributed by atoms with Crippen LogP contribution in [0.3, 0.4) is 0 Å². The molecule has 2 N–H and O–H groups in total. The van der Waals surface area contributed by atoms with Gasteiger partial charge in [0.25, 0.3) is 5.56 Å². The van der Waals surface area contributed by atoms with Gasteiger partial charge in [-0.15, -0.1) is 0 Å². The summed E-state index contributed by atoms with van der Waals surface area (Å²) in [5.41, 5.74) is 1.83. The number of hydrogen-bond acceptors (Lipinski definition) is 5. The number of rotatable bonds is 1. The van der Waals surface area contributed by atoms with Crippen molar-refractivity contribution in [2.45, 2.75) is 25.4 Å². The van der Waals surface area contributed by atoms with Gasteiger partial charge in [0.05, 0.1) is 11.7 Å². The van der Waals surface area contributed by atoms with Crippen LogP contribution in [0.4, 0.5) is 0 Å². The normalized spacial score (nSPS) is 25.2. The van der Waals surface area contributed by atoms with E-state index in [0.29, 0.717) is 6.54 Å². The monoisotopic (exact) mass is 277 g/mol. The second-order valence-electron chi connectivity index (χ2n) is 5.92. The standard InChI is InChI=1S/C14H23N5O/c1-18-6-3-7-19(2)12(9-18)13-16-11-8-15-5-4-10(11)14(20)17-13/h12,15H,3-9H2,1-2H3,(H,16,17,20). The molecule has 6 heteroatoms. The zero-order valence-electron chi connectivity index (χ0n) is 12.3. The lowest BCUT2D eigenvalue weighted by Crippen LogP contribution is -2.36. The fraction of sp³-hybridized carbons (Fsp3) is 0.714. The minimum Gasteiger partial charge on any atom is -0.311 e. The Bertz CT molecular complexity index is 541. The van der Waals surface area contributed by atoms with Crippen LogP contribution in [0.2, 0.25) is 0 Å². The van der Waals surface area contributed by atoms with Gasteiger partial charge in [-0.1, -0.05) is 0 Å². The van der Waals surface area contributed by atoms with Crippen LogP contribution in [0.1, 0.15) is 29.5 Å². The number of hydrogen-bond donors (Lipinski definition) is 2. The van der Waals surface area contributed by atoms with Gasteiger partial charge in [0.2, 0.25) is 0 Å². The van der Waals surface area contributed by atoms with E-state index >= 15 is 0 Å². The fourth-order valence-electron chi connectivity index (χ4n) is 3.11. The molecule has 0 amide bonds. The van der Waals surface area contributed by atoms with E-state index in [4.69, 9.17) is 4.98 Å². The molecular formula is C14H23N5O. The molecule has 0 saturated carbocycles. The molecule has 2 aliphatic rings. The lowest BCUT2D eigenvalue weighted by atomic mass is 10.1. The number of aromatic nitrogens is 2. The topological polar surface area (TPSA) is 64.3 Å². The average Bonchev–Trinajstić information content (AvgIpc) is 2.60. The number of H-pyrrole nitrogens is 1. The van der Waals surface area contributed by atoms with Crippen molar-refractivity contribution < 1.29 is 0 Å². The zero-order chi connectivity index (χ0) is 14.1. The van der Waals surface area contributed by atoms with Crippen molar-refractivity contribution in [3.05, 3.63) is 27.4 Å². The van der Waals surface area contributed by atoms with E-state index < -0.39 is 0 Å². The first-order chi connectivity index (χ1) is 9.65. The fourth-order valence-corrected chi connectivity index (χ4v) is 3.11. The highest BCUT2D eigenvalue weighted by molar-refractivity contribution is 5.21. The molecular weight excluding hydrogens is 254 g/mol. The van der Waals surface area contributed by atoms with Gasteiger partial charge in [-0.25, -0.2) is 4.98 Å². The van der Waals surface area contributed by atoms with Gasteiger partial charge in [-0.05, 0) is 46.6 Å². The van der Waals surface area contributed by atoms with Gasteiger partial charge in [-0.3, -0.25) is 9.69 Å². The van der Waals surface area contributed by atoms with Gasteiger partial charge in [-0.2, -0.15) is 0 Å². The summed E-state index contributed by atoms with van der Waals surface area (Å²) in [7, 11) is 4.24. The first-order valence-electron chi connectivity index (χ1n) is 7.36. The minimum atomic E-state index is 0.0480. The van der Waals surface area contributed by atoms with Crippen molar-refractivity contribution in [1.29, 1.82) is 0 Å². The molecule has 3 rings (SSSR count). The Morgan fingerprint density at radius 2 is 2.15 bits per heavy atom. The Balaban J connectivity index is 1.96. The highest BCUT2D eigenvalue weighted by atomic mass is 16.1. The first kappa shape index (κ1) is 13.7. The molecule has 110 valence electrons. The van der Waals surface area contributed by atoms with Crippen molar-refractivity contribution in [1.82, 2.24) is 25.1 Å². The Morgan fingerprint density at radius 3 is 3.00 bits per heavy atom. The summed E-state index contributed by atoms with van der Waals surface area (Å²) >= 11 is 0. The summed E-state index contributed by atoms with van der Waals surface area (Å²) in [5, 5.41) is 3.29. The number of nitrogens with one attached hydrogen (secondary N) is 2. The van der Waals surface area contributed by atoms with Crippen LogP contribution >= 0.6 is 0 Å². The van der Waals surface area contributed by atoms with Crippen molar-refractivity contribution >= 4 is 0 Å². The molecule has 3 heterocycles. The predicted octanol–water partition coefficient (Wildman–Crippen LogP) is -0.276. The van der Waals surface area contributed by atoms with Crippen LogP contribution in [0.25, 0.3) is 0 Å². The molecule has 1 aromatic rings. The number of aromatic amines is 1. The number of fused-ring (bicyclic) bond motifs is 1. The van der Waals surface area contributed by atoms with Crippen LogP contribution in [0.5, 0.6) is 0 Å². The van der Waals surface area contributed by atoms with E-state index in [-0.39, 0.29) is 11.6 Å². The van der Waals surface area contributed by atoms with E-state index in [9.17, 15) is 4.79 Å². The van der Waals surface area contributed by atoms with E-state index in [2.05, 4.69) is 34.2 Å². The summed E-state index contributed by atoms with van der Waals surface area (Å²) in [4.78, 5) is 24.6. The Kier molecular flexibility index (Phi) is 3.87. The summed E-state index contributed by atoms with van der Waals surface area (Å²) in [6.45, 7) is 4.61. The van der Waals surface area contributed by atoms with Crippen LogP contribution in [0.15, 0.2) is 4.79 Å². The van der Waals surface area contributed by atoms with Crippen molar-refractivity contribution in [2.24, 2.45) is 0 Å². The molecule has 0 bridgehead atoms. The average molecular weight is 277 g/mol. The lowest BCUT2D eigenvalue weighted by molar-refractivity contribution is 0.218. The summed E-state index contributed by atoms with van der Waals surface area (Å²) in [6, 6.07) is 0.169. The quantitative estimate of drug-likeness (QED) is 0.739. The molecule has 1 saturated heterocycles. The third-order valence-electron chi connectivity index (χ3n) is 4.35. The highest BCUT2D eigenvalue weighted by Gasteiger charge is 2.26. The Labute approximate surface area is 119 Å². The molecule has 0 spiro atoms. The van der Waals surface area contributed by atoms with Crippen molar-refractivity contribution in [3.8, 4) is 0 Å². The summed E-state index contributed by atoms with van der Waals surface area (Å²) < 4.78 is 0. The van der Waals surface area contributed by atoms with Gasteiger partial charge < -0.3 is 15.2 Å². The third-order valence-corrected chi connectivity index (χ3v) is 4.35. The van der Waals surface area contributed by atoms with Gasteiger partial charge in [0.15, 0.2) is 0 Å². The molecule has 1 unspecified atom stereocenters. The number of nitrogens with zero attached hydrogens (tertiary/aromatic N) is 3. The molecule has 20 heavy (non-hydrogen) atoms. The van der Waals surface area contributed by atoms with E-state index in [1.54, 1.807) is 0 Å². The third kappa shape index (κ3) is 2.63. The molecule has 0 aromatic carbocycles. The van der Waals surface area contributed by atoms with E-state index in [1.165, 1.54) is 0 Å². The van der Waals surface area contributed by atoms with Gasteiger partial charge in [0, 0.05) is 18.7 Å². The van der Waals surface area contributed by atoms with Crippen molar-refractivity contribution in [3.63, 3.8) is 0 Å². The second-order valence-corrected chi connectivity index (χ2v) is 5.92. The first-order valence-corrected chi connectivity index (χ1v) is 7.36.